The molecule has 0 spiro atoms. The summed E-state index contributed by atoms with van der Waals surface area (Å²) in [5.41, 5.74) is 3.10. The van der Waals surface area contributed by atoms with Crippen LogP contribution in [0.2, 0.25) is 0 Å². The van der Waals surface area contributed by atoms with Gasteiger partial charge in [-0.3, -0.25) is 4.79 Å². The van der Waals surface area contributed by atoms with E-state index >= 15 is 0 Å². The van der Waals surface area contributed by atoms with Gasteiger partial charge in [0.25, 0.3) is 5.91 Å². The van der Waals surface area contributed by atoms with Crippen molar-refractivity contribution in [3.05, 3.63) is 77.3 Å². The van der Waals surface area contributed by atoms with Crippen molar-refractivity contribution in [1.82, 2.24) is 9.55 Å². The number of benzene rings is 1. The van der Waals surface area contributed by atoms with Gasteiger partial charge in [0.2, 0.25) is 0 Å². The smallest absolute Gasteiger partial charge is 0.266 e. The Morgan fingerprint density at radius 3 is 2.59 bits per heavy atom. The average molecular weight is 358 g/mol. The van der Waals surface area contributed by atoms with Crippen LogP contribution in [0.15, 0.2) is 60.3 Å². The van der Waals surface area contributed by atoms with E-state index in [0.717, 1.165) is 22.8 Å². The van der Waals surface area contributed by atoms with Crippen molar-refractivity contribution in [3.63, 3.8) is 0 Å². The number of aromatic hydroxyl groups is 1. The molecule has 3 rings (SSSR count). The fourth-order valence-corrected chi connectivity index (χ4v) is 2.82. The Labute approximate surface area is 157 Å². The first kappa shape index (κ1) is 18.0. The van der Waals surface area contributed by atoms with Crippen LogP contribution >= 0.6 is 0 Å². The van der Waals surface area contributed by atoms with Crippen LogP contribution in [0.4, 0.5) is 5.69 Å². The number of pyridine rings is 1. The van der Waals surface area contributed by atoms with E-state index in [1.807, 2.05) is 48.7 Å². The van der Waals surface area contributed by atoms with Crippen molar-refractivity contribution in [2.75, 3.05) is 5.32 Å². The molecule has 0 fully saturated rings. The topological polar surface area (TPSA) is 90.9 Å². The molecular weight excluding hydrogens is 340 g/mol. The maximum absolute atomic E-state index is 12.4. The molecule has 0 unspecified atom stereocenters. The number of hydrogen-bond acceptors (Lipinski definition) is 4. The van der Waals surface area contributed by atoms with E-state index in [0.29, 0.717) is 5.69 Å². The normalized spacial score (nSPS) is 11.1. The molecule has 0 saturated heterocycles. The van der Waals surface area contributed by atoms with Crippen molar-refractivity contribution in [2.45, 2.75) is 13.8 Å². The zero-order valence-electron chi connectivity index (χ0n) is 15.0. The summed E-state index contributed by atoms with van der Waals surface area (Å²) in [6, 6.07) is 15.6. The molecule has 6 heteroatoms. The quantitative estimate of drug-likeness (QED) is 0.422. The van der Waals surface area contributed by atoms with Gasteiger partial charge in [0.15, 0.2) is 0 Å². The fourth-order valence-electron chi connectivity index (χ4n) is 2.82. The summed E-state index contributed by atoms with van der Waals surface area (Å²) in [4.78, 5) is 16.8. The molecule has 0 aliphatic rings. The summed E-state index contributed by atoms with van der Waals surface area (Å²) in [6.45, 7) is 3.86. The van der Waals surface area contributed by atoms with Crippen LogP contribution in [0.5, 0.6) is 5.75 Å². The molecule has 1 amide bonds. The summed E-state index contributed by atoms with van der Waals surface area (Å²) in [5.74, 6) is 0.371. The maximum atomic E-state index is 12.4. The molecule has 2 heterocycles. The molecule has 27 heavy (non-hydrogen) atoms. The van der Waals surface area contributed by atoms with E-state index in [2.05, 4.69) is 10.3 Å². The number of aromatic nitrogens is 2. The van der Waals surface area contributed by atoms with Gasteiger partial charge < -0.3 is 15.0 Å². The van der Waals surface area contributed by atoms with E-state index in [1.54, 1.807) is 24.4 Å². The molecule has 0 aliphatic heterocycles. The lowest BCUT2D eigenvalue weighted by Gasteiger charge is -2.08. The lowest BCUT2D eigenvalue weighted by molar-refractivity contribution is -0.112. The highest BCUT2D eigenvalue weighted by atomic mass is 16.3. The van der Waals surface area contributed by atoms with Crippen molar-refractivity contribution >= 4 is 17.7 Å². The highest BCUT2D eigenvalue weighted by Crippen LogP contribution is 2.22. The summed E-state index contributed by atoms with van der Waals surface area (Å²) in [5, 5.41) is 21.4. The lowest BCUT2D eigenvalue weighted by Crippen LogP contribution is -2.13. The van der Waals surface area contributed by atoms with Crippen LogP contribution < -0.4 is 5.32 Å². The number of carbonyl (C=O) groups is 1. The van der Waals surface area contributed by atoms with Gasteiger partial charge in [-0.1, -0.05) is 6.07 Å². The zero-order chi connectivity index (χ0) is 19.4. The zero-order valence-corrected chi connectivity index (χ0v) is 15.0. The van der Waals surface area contributed by atoms with E-state index < -0.39 is 5.91 Å². The van der Waals surface area contributed by atoms with E-state index in [-0.39, 0.29) is 11.3 Å². The first-order chi connectivity index (χ1) is 13.0. The minimum Gasteiger partial charge on any atom is -0.508 e. The third-order valence-corrected chi connectivity index (χ3v) is 4.14. The Morgan fingerprint density at radius 2 is 1.96 bits per heavy atom. The minimum atomic E-state index is -0.508. The highest BCUT2D eigenvalue weighted by molar-refractivity contribution is 6.09. The molecule has 0 radical (unpaired) electrons. The van der Waals surface area contributed by atoms with Crippen LogP contribution in [0, 0.1) is 25.2 Å². The number of phenolic OH excluding ortho intramolecular Hbond substituents is 1. The SMILES string of the molecule is Cc1cc(/C=C(/C#N)C(=O)Nc2ccc(O)cc2)c(C)n1-c1ccccn1. The Hall–Kier alpha value is -3.85. The Morgan fingerprint density at radius 1 is 1.22 bits per heavy atom. The first-order valence-corrected chi connectivity index (χ1v) is 8.32. The average Bonchev–Trinajstić information content (AvgIpc) is 2.95. The van der Waals surface area contributed by atoms with E-state index in [1.165, 1.54) is 12.1 Å². The Balaban J connectivity index is 1.91. The number of rotatable bonds is 4. The maximum Gasteiger partial charge on any atom is 0.266 e. The predicted octanol–water partition coefficient (Wildman–Crippen LogP) is 3.74. The first-order valence-electron chi connectivity index (χ1n) is 8.32. The molecule has 2 aromatic heterocycles. The van der Waals surface area contributed by atoms with Gasteiger partial charge in [0, 0.05) is 23.3 Å². The van der Waals surface area contributed by atoms with Gasteiger partial charge in [0.05, 0.1) is 0 Å². The highest BCUT2D eigenvalue weighted by Gasteiger charge is 2.14. The molecule has 1 aromatic carbocycles. The van der Waals surface area contributed by atoms with Crippen LogP contribution in [-0.4, -0.2) is 20.6 Å². The van der Waals surface area contributed by atoms with Gasteiger partial charge >= 0.3 is 0 Å². The standard InChI is InChI=1S/C21H18N4O2/c1-14-11-16(15(2)25(14)20-5-3-4-10-23-20)12-17(13-22)21(27)24-18-6-8-19(26)9-7-18/h3-12,26H,1-2H3,(H,24,27)/b17-12-. The van der Waals surface area contributed by atoms with Gasteiger partial charge in [-0.05, 0) is 68.0 Å². The summed E-state index contributed by atoms with van der Waals surface area (Å²) < 4.78 is 1.97. The number of carbonyl (C=O) groups excluding carboxylic acids is 1. The van der Waals surface area contributed by atoms with Crippen LogP contribution in [-0.2, 0) is 4.79 Å². The number of aryl methyl sites for hydroxylation is 1. The molecule has 0 saturated carbocycles. The second-order valence-corrected chi connectivity index (χ2v) is 6.02. The summed E-state index contributed by atoms with van der Waals surface area (Å²) >= 11 is 0. The second kappa shape index (κ2) is 7.58. The van der Waals surface area contributed by atoms with Gasteiger partial charge in [0.1, 0.15) is 23.2 Å². The summed E-state index contributed by atoms with van der Waals surface area (Å²) in [6.07, 6.45) is 3.28. The van der Waals surface area contributed by atoms with Crippen LogP contribution in [0.25, 0.3) is 11.9 Å². The number of anilines is 1. The number of hydrogen-bond donors (Lipinski definition) is 2. The molecule has 0 bridgehead atoms. The number of nitriles is 1. The Kier molecular flexibility index (Phi) is 5.04. The van der Waals surface area contributed by atoms with Crippen molar-refractivity contribution in [2.24, 2.45) is 0 Å². The molecule has 3 aromatic rings. The molecule has 2 N–H and O–H groups in total. The van der Waals surface area contributed by atoms with Gasteiger partial charge in [-0.2, -0.15) is 5.26 Å². The van der Waals surface area contributed by atoms with Crippen molar-refractivity contribution in [3.8, 4) is 17.6 Å². The van der Waals surface area contributed by atoms with Crippen molar-refractivity contribution < 1.29 is 9.90 Å². The number of nitrogens with one attached hydrogen (secondary N) is 1. The molecule has 0 atom stereocenters. The van der Waals surface area contributed by atoms with E-state index in [4.69, 9.17) is 0 Å². The monoisotopic (exact) mass is 358 g/mol. The van der Waals surface area contributed by atoms with E-state index in [9.17, 15) is 15.2 Å². The number of phenols is 1. The second-order valence-electron chi connectivity index (χ2n) is 6.02. The third kappa shape index (κ3) is 3.88. The largest absolute Gasteiger partial charge is 0.508 e. The summed E-state index contributed by atoms with van der Waals surface area (Å²) in [7, 11) is 0. The molecular formula is C21H18N4O2. The van der Waals surface area contributed by atoms with Gasteiger partial charge in [-0.25, -0.2) is 4.98 Å². The van der Waals surface area contributed by atoms with Gasteiger partial charge in [-0.15, -0.1) is 0 Å². The van der Waals surface area contributed by atoms with Crippen LogP contribution in [0.3, 0.4) is 0 Å². The number of amides is 1. The predicted molar refractivity (Wildman–Crippen MR) is 103 cm³/mol. The lowest BCUT2D eigenvalue weighted by atomic mass is 10.1. The minimum absolute atomic E-state index is 0.00986. The van der Waals surface area contributed by atoms with Crippen molar-refractivity contribution in [1.29, 1.82) is 5.26 Å². The molecule has 0 aliphatic carbocycles. The molecule has 134 valence electrons. The molecule has 6 nitrogen and oxygen atoms in total. The van der Waals surface area contributed by atoms with Crippen LogP contribution in [0.1, 0.15) is 17.0 Å². The fraction of sp³-hybridized carbons (Fsp3) is 0.0952. The Bertz CT molecular complexity index is 1040. The third-order valence-electron chi connectivity index (χ3n) is 4.14. The number of nitrogens with zero attached hydrogens (tertiary/aromatic N) is 3.